The monoisotopic (exact) mass is 245 g/mol. The summed E-state index contributed by atoms with van der Waals surface area (Å²) in [5.41, 5.74) is 1.62. The van der Waals surface area contributed by atoms with Crippen LogP contribution < -0.4 is 5.32 Å². The third kappa shape index (κ3) is 2.10. The van der Waals surface area contributed by atoms with Crippen LogP contribution in [0.1, 0.15) is 5.56 Å². The van der Waals surface area contributed by atoms with E-state index in [0.29, 0.717) is 5.56 Å². The fraction of sp³-hybridized carbons (Fsp3) is 0.182. The summed E-state index contributed by atoms with van der Waals surface area (Å²) in [6, 6.07) is 1.79. The van der Waals surface area contributed by atoms with Gasteiger partial charge in [-0.2, -0.15) is 0 Å². The SMILES string of the molecule is CNc1ncnc(-c2cncc(C)c2)c1[N+](=O)[O-]. The second kappa shape index (κ2) is 4.74. The predicted molar refractivity (Wildman–Crippen MR) is 66.2 cm³/mol. The molecule has 0 radical (unpaired) electrons. The molecule has 2 rings (SSSR count). The molecule has 0 unspecified atom stereocenters. The summed E-state index contributed by atoms with van der Waals surface area (Å²) in [4.78, 5) is 22.5. The second-order valence-electron chi connectivity index (χ2n) is 3.68. The normalized spacial score (nSPS) is 10.1. The molecule has 0 spiro atoms. The van der Waals surface area contributed by atoms with Crippen LogP contribution in [0, 0.1) is 17.0 Å². The molecule has 92 valence electrons. The van der Waals surface area contributed by atoms with Crippen molar-refractivity contribution in [3.05, 3.63) is 40.5 Å². The van der Waals surface area contributed by atoms with E-state index in [1.54, 1.807) is 25.5 Å². The van der Waals surface area contributed by atoms with Crippen molar-refractivity contribution in [1.82, 2.24) is 15.0 Å². The summed E-state index contributed by atoms with van der Waals surface area (Å²) < 4.78 is 0. The third-order valence-corrected chi connectivity index (χ3v) is 2.39. The average Bonchev–Trinajstić information content (AvgIpc) is 2.37. The van der Waals surface area contributed by atoms with Gasteiger partial charge in [0.25, 0.3) is 0 Å². The van der Waals surface area contributed by atoms with Crippen LogP contribution in [-0.4, -0.2) is 26.9 Å². The summed E-state index contributed by atoms with van der Waals surface area (Å²) in [6.45, 7) is 1.86. The topological polar surface area (TPSA) is 93.8 Å². The van der Waals surface area contributed by atoms with Gasteiger partial charge in [-0.1, -0.05) is 0 Å². The van der Waals surface area contributed by atoms with Crippen molar-refractivity contribution in [2.75, 3.05) is 12.4 Å². The molecule has 7 heteroatoms. The van der Waals surface area contributed by atoms with Crippen LogP contribution in [0.4, 0.5) is 11.5 Å². The van der Waals surface area contributed by atoms with E-state index in [2.05, 4.69) is 20.3 Å². The summed E-state index contributed by atoms with van der Waals surface area (Å²) in [5.74, 6) is 0.187. The third-order valence-electron chi connectivity index (χ3n) is 2.39. The zero-order chi connectivity index (χ0) is 13.1. The number of nitrogens with zero attached hydrogens (tertiary/aromatic N) is 4. The van der Waals surface area contributed by atoms with Gasteiger partial charge in [-0.15, -0.1) is 0 Å². The lowest BCUT2D eigenvalue weighted by Gasteiger charge is -2.05. The lowest BCUT2D eigenvalue weighted by molar-refractivity contribution is -0.383. The van der Waals surface area contributed by atoms with Crippen molar-refractivity contribution in [3.8, 4) is 11.3 Å². The van der Waals surface area contributed by atoms with Crippen molar-refractivity contribution in [1.29, 1.82) is 0 Å². The van der Waals surface area contributed by atoms with E-state index in [0.717, 1.165) is 5.56 Å². The minimum absolute atomic E-state index is 0.146. The van der Waals surface area contributed by atoms with Gasteiger partial charge in [-0.3, -0.25) is 15.1 Å². The molecule has 0 atom stereocenters. The molecule has 7 nitrogen and oxygen atoms in total. The lowest BCUT2D eigenvalue weighted by Crippen LogP contribution is -2.03. The fourth-order valence-electron chi connectivity index (χ4n) is 1.63. The number of pyridine rings is 1. The Morgan fingerprint density at radius 2 is 2.11 bits per heavy atom. The van der Waals surface area contributed by atoms with Gasteiger partial charge in [-0.05, 0) is 18.6 Å². The molecular weight excluding hydrogens is 234 g/mol. The maximum Gasteiger partial charge on any atom is 0.337 e. The van der Waals surface area contributed by atoms with Gasteiger partial charge in [-0.25, -0.2) is 9.97 Å². The molecule has 0 saturated carbocycles. The number of rotatable bonds is 3. The van der Waals surface area contributed by atoms with Crippen LogP contribution in [0.3, 0.4) is 0 Å². The molecule has 0 aromatic carbocycles. The Bertz CT molecular complexity index is 600. The molecule has 0 saturated heterocycles. The molecule has 2 aromatic heterocycles. The Morgan fingerprint density at radius 3 is 2.72 bits per heavy atom. The molecule has 0 bridgehead atoms. The average molecular weight is 245 g/mol. The zero-order valence-electron chi connectivity index (χ0n) is 9.91. The number of anilines is 1. The minimum Gasteiger partial charge on any atom is -0.367 e. The van der Waals surface area contributed by atoms with Gasteiger partial charge in [0, 0.05) is 25.0 Å². The standard InChI is InChI=1S/C11H11N5O2/c1-7-3-8(5-13-4-7)9-10(16(17)18)11(12-2)15-6-14-9/h3-6H,1-2H3,(H,12,14,15). The summed E-state index contributed by atoms with van der Waals surface area (Å²) >= 11 is 0. The van der Waals surface area contributed by atoms with Crippen LogP contribution in [0.5, 0.6) is 0 Å². The largest absolute Gasteiger partial charge is 0.367 e. The number of nitro groups is 1. The van der Waals surface area contributed by atoms with Crippen molar-refractivity contribution in [2.45, 2.75) is 6.92 Å². The molecule has 1 N–H and O–H groups in total. The Balaban J connectivity index is 2.67. The number of nitrogens with one attached hydrogen (secondary N) is 1. The maximum absolute atomic E-state index is 11.1. The maximum atomic E-state index is 11.1. The van der Waals surface area contributed by atoms with E-state index >= 15 is 0 Å². The van der Waals surface area contributed by atoms with E-state index in [1.165, 1.54) is 6.33 Å². The molecule has 0 aliphatic heterocycles. The second-order valence-corrected chi connectivity index (χ2v) is 3.68. The molecular formula is C11H11N5O2. The first-order valence-corrected chi connectivity index (χ1v) is 5.22. The minimum atomic E-state index is -0.497. The van der Waals surface area contributed by atoms with Crippen LogP contribution >= 0.6 is 0 Å². The van der Waals surface area contributed by atoms with E-state index < -0.39 is 4.92 Å². The molecule has 2 aromatic rings. The van der Waals surface area contributed by atoms with Crippen molar-refractivity contribution in [3.63, 3.8) is 0 Å². The van der Waals surface area contributed by atoms with E-state index in [1.807, 2.05) is 6.92 Å². The molecule has 0 amide bonds. The summed E-state index contributed by atoms with van der Waals surface area (Å²) in [6.07, 6.45) is 4.51. The fourth-order valence-corrected chi connectivity index (χ4v) is 1.63. The highest BCUT2D eigenvalue weighted by Crippen LogP contribution is 2.32. The highest BCUT2D eigenvalue weighted by atomic mass is 16.6. The number of aryl methyl sites for hydroxylation is 1. The Morgan fingerprint density at radius 1 is 1.33 bits per heavy atom. The van der Waals surface area contributed by atoms with Gasteiger partial charge < -0.3 is 5.32 Å². The predicted octanol–water partition coefficient (Wildman–Crippen LogP) is 1.80. The van der Waals surface area contributed by atoms with Gasteiger partial charge in [0.1, 0.15) is 6.33 Å². The number of aromatic nitrogens is 3. The number of hydrogen-bond acceptors (Lipinski definition) is 6. The quantitative estimate of drug-likeness (QED) is 0.654. The van der Waals surface area contributed by atoms with Gasteiger partial charge in [0.2, 0.25) is 5.82 Å². The Labute approximate surface area is 103 Å². The molecule has 0 aliphatic carbocycles. The van der Waals surface area contributed by atoms with E-state index in [9.17, 15) is 10.1 Å². The van der Waals surface area contributed by atoms with E-state index in [4.69, 9.17) is 0 Å². The van der Waals surface area contributed by atoms with Crippen LogP contribution in [-0.2, 0) is 0 Å². The first kappa shape index (κ1) is 11.9. The van der Waals surface area contributed by atoms with Gasteiger partial charge >= 0.3 is 5.69 Å². The van der Waals surface area contributed by atoms with E-state index in [-0.39, 0.29) is 17.2 Å². The smallest absolute Gasteiger partial charge is 0.337 e. The lowest BCUT2D eigenvalue weighted by atomic mass is 10.1. The summed E-state index contributed by atoms with van der Waals surface area (Å²) in [5, 5.41) is 13.8. The Kier molecular flexibility index (Phi) is 3.13. The number of hydrogen-bond donors (Lipinski definition) is 1. The zero-order valence-corrected chi connectivity index (χ0v) is 9.91. The van der Waals surface area contributed by atoms with Gasteiger partial charge in [0.05, 0.1) is 4.92 Å². The Hall–Kier alpha value is -2.57. The summed E-state index contributed by atoms with van der Waals surface area (Å²) in [7, 11) is 1.58. The first-order chi connectivity index (χ1) is 8.63. The highest BCUT2D eigenvalue weighted by Gasteiger charge is 2.23. The molecule has 0 aliphatic rings. The van der Waals surface area contributed by atoms with Crippen LogP contribution in [0.25, 0.3) is 11.3 Å². The van der Waals surface area contributed by atoms with Crippen molar-refractivity contribution in [2.24, 2.45) is 0 Å². The van der Waals surface area contributed by atoms with Gasteiger partial charge in [0.15, 0.2) is 5.69 Å². The van der Waals surface area contributed by atoms with Crippen molar-refractivity contribution < 1.29 is 4.92 Å². The molecule has 18 heavy (non-hydrogen) atoms. The van der Waals surface area contributed by atoms with Crippen LogP contribution in [0.2, 0.25) is 0 Å². The van der Waals surface area contributed by atoms with Crippen LogP contribution in [0.15, 0.2) is 24.8 Å². The molecule has 2 heterocycles. The highest BCUT2D eigenvalue weighted by molar-refractivity contribution is 5.76. The van der Waals surface area contributed by atoms with Crippen molar-refractivity contribution >= 4 is 11.5 Å². The molecule has 0 fully saturated rings. The first-order valence-electron chi connectivity index (χ1n) is 5.22.